The Morgan fingerprint density at radius 2 is 1.82 bits per heavy atom. The molecule has 260 valence electrons. The molecule has 7 rings (SSSR count). The number of aryl methyl sites for hydroxylation is 1. The molecule has 1 saturated carbocycles. The van der Waals surface area contributed by atoms with Crippen molar-refractivity contribution >= 4 is 39.8 Å². The zero-order chi connectivity index (χ0) is 34.6. The monoisotopic (exact) mass is 677 g/mol. The smallest absolute Gasteiger partial charge is 0.407 e. The van der Waals surface area contributed by atoms with E-state index in [4.69, 9.17) is 14.7 Å². The molecule has 50 heavy (non-hydrogen) atoms. The molecule has 3 aromatic heterocycles. The number of carbonyl (C=O) groups excluding carboxylic acids is 3. The molecule has 0 radical (unpaired) electrons. The number of ether oxygens (including phenoxy) is 1. The summed E-state index contributed by atoms with van der Waals surface area (Å²) >= 11 is 0. The van der Waals surface area contributed by atoms with Crippen molar-refractivity contribution in [1.29, 1.82) is 0 Å². The molecule has 1 aliphatic carbocycles. The number of amides is 3. The van der Waals surface area contributed by atoms with Gasteiger partial charge < -0.3 is 35.6 Å². The lowest BCUT2D eigenvalue weighted by Crippen LogP contribution is -2.49. The number of alkyl carbamates (subject to hydrolysis) is 1. The van der Waals surface area contributed by atoms with Crippen molar-refractivity contribution in [2.45, 2.75) is 57.0 Å². The maximum Gasteiger partial charge on any atom is 0.407 e. The molecular weight excluding hydrogens is 634 g/mol. The number of hydrogen-bond acceptors (Lipinski definition) is 8. The summed E-state index contributed by atoms with van der Waals surface area (Å²) in [6, 6.07) is 15.6. The van der Waals surface area contributed by atoms with E-state index in [2.05, 4.69) is 55.2 Å². The number of carbonyl (C=O) groups is 3. The molecule has 2 aliphatic rings. The first kappa shape index (κ1) is 33.2. The summed E-state index contributed by atoms with van der Waals surface area (Å²) in [5.74, 6) is 1.77. The van der Waals surface area contributed by atoms with Crippen molar-refractivity contribution < 1.29 is 19.1 Å². The number of nitrogens with one attached hydrogen (secondary N) is 5. The number of fused-ring (bicyclic) bond motifs is 2. The lowest BCUT2D eigenvalue weighted by atomic mass is 10.1. The Morgan fingerprint density at radius 3 is 2.64 bits per heavy atom. The van der Waals surface area contributed by atoms with Gasteiger partial charge in [-0.3, -0.25) is 9.59 Å². The third-order valence-electron chi connectivity index (χ3n) is 9.59. The van der Waals surface area contributed by atoms with Crippen molar-refractivity contribution in [1.82, 2.24) is 45.8 Å². The van der Waals surface area contributed by atoms with E-state index in [9.17, 15) is 14.4 Å². The molecule has 2 aromatic carbocycles. The molecule has 13 heteroatoms. The first-order chi connectivity index (χ1) is 24.4. The topological polar surface area (TPSA) is 170 Å². The summed E-state index contributed by atoms with van der Waals surface area (Å²) in [4.78, 5) is 60.4. The van der Waals surface area contributed by atoms with Crippen molar-refractivity contribution in [2.24, 2.45) is 5.92 Å². The SMILES string of the molecule is CNCC(=O)NCCCCc1ncc(-c2ccc3nc(-c4ccc5nc(C6CCCN6C(=O)C(NC(=O)OC)C6CC6)[nH]c5c4)ccc3c2)[nH]1. The Hall–Kier alpha value is -5.30. The van der Waals surface area contributed by atoms with Gasteiger partial charge in [0.15, 0.2) is 0 Å². The van der Waals surface area contributed by atoms with Crippen LogP contribution in [0.3, 0.4) is 0 Å². The van der Waals surface area contributed by atoms with E-state index in [0.29, 0.717) is 19.6 Å². The molecule has 1 aliphatic heterocycles. The van der Waals surface area contributed by atoms with E-state index >= 15 is 0 Å². The van der Waals surface area contributed by atoms with Crippen LogP contribution < -0.4 is 16.0 Å². The predicted octanol–water partition coefficient (Wildman–Crippen LogP) is 4.62. The van der Waals surface area contributed by atoms with Crippen LogP contribution in [0.15, 0.2) is 54.7 Å². The number of hydrogen-bond donors (Lipinski definition) is 5. The van der Waals surface area contributed by atoms with Gasteiger partial charge in [-0.2, -0.15) is 0 Å². The summed E-state index contributed by atoms with van der Waals surface area (Å²) in [6.07, 6.45) is 7.44. The van der Waals surface area contributed by atoms with Gasteiger partial charge in [-0.15, -0.1) is 0 Å². The molecule has 13 nitrogen and oxygen atoms in total. The zero-order valence-electron chi connectivity index (χ0n) is 28.4. The van der Waals surface area contributed by atoms with Crippen molar-refractivity contribution in [3.05, 3.63) is 66.4 Å². The van der Waals surface area contributed by atoms with Crippen LogP contribution in [0.4, 0.5) is 4.79 Å². The first-order valence-electron chi connectivity index (χ1n) is 17.4. The Morgan fingerprint density at radius 1 is 0.980 bits per heavy atom. The van der Waals surface area contributed by atoms with Gasteiger partial charge in [-0.25, -0.2) is 19.7 Å². The molecule has 2 unspecified atom stereocenters. The molecular formula is C37H43N9O4. The first-order valence-corrected chi connectivity index (χ1v) is 17.4. The zero-order valence-corrected chi connectivity index (χ0v) is 28.4. The minimum atomic E-state index is -0.579. The molecule has 5 aromatic rings. The van der Waals surface area contributed by atoms with Crippen molar-refractivity contribution in [2.75, 3.05) is 33.8 Å². The number of aromatic nitrogens is 5. The number of unbranched alkanes of at least 4 members (excludes halogenated alkanes) is 1. The number of imidazole rings is 2. The molecule has 3 amide bonds. The van der Waals surface area contributed by atoms with Gasteiger partial charge in [0, 0.05) is 36.0 Å². The quantitative estimate of drug-likeness (QED) is 0.112. The van der Waals surface area contributed by atoms with E-state index in [1.54, 1.807) is 7.05 Å². The van der Waals surface area contributed by atoms with Crippen LogP contribution in [-0.4, -0.2) is 87.6 Å². The number of H-pyrrole nitrogens is 2. The van der Waals surface area contributed by atoms with E-state index < -0.39 is 12.1 Å². The van der Waals surface area contributed by atoms with Crippen molar-refractivity contribution in [3.63, 3.8) is 0 Å². The van der Waals surface area contributed by atoms with E-state index in [1.165, 1.54) is 7.11 Å². The molecule has 5 N–H and O–H groups in total. The van der Waals surface area contributed by atoms with Crippen molar-refractivity contribution in [3.8, 4) is 22.5 Å². The molecule has 4 heterocycles. The summed E-state index contributed by atoms with van der Waals surface area (Å²) in [6.45, 7) is 1.62. The fourth-order valence-electron chi connectivity index (χ4n) is 6.80. The number of rotatable bonds is 13. The number of nitrogens with zero attached hydrogens (tertiary/aromatic N) is 4. The second-order valence-electron chi connectivity index (χ2n) is 13.2. The van der Waals surface area contributed by atoms with Gasteiger partial charge in [-0.05, 0) is 81.8 Å². The van der Waals surface area contributed by atoms with Crippen LogP contribution >= 0.6 is 0 Å². The lowest BCUT2D eigenvalue weighted by molar-refractivity contribution is -0.135. The number of aromatic amines is 2. The standard InChI is InChI=1S/C37H43N9O4/c1-38-21-33(47)39-16-4-3-7-32-40-20-30(42-32)24-11-14-26-23(18-24)10-13-27(41-26)25-12-15-28-29(19-25)44-35(43-28)31-6-5-17-46(31)36(48)34(22-8-9-22)45-37(49)50-2/h10-15,18-20,22,31,34,38H,3-9,16-17,21H2,1-2H3,(H,39,47)(H,40,42)(H,43,44)(H,45,49). The molecule has 0 bridgehead atoms. The Kier molecular flexibility index (Phi) is 9.74. The third-order valence-corrected chi connectivity index (χ3v) is 9.59. The molecule has 2 atom stereocenters. The number of likely N-dealkylation sites (N-methyl/N-ethyl adjacent to an activating group) is 1. The highest BCUT2D eigenvalue weighted by molar-refractivity contribution is 5.89. The fraction of sp³-hybridized carbons (Fsp3) is 0.405. The van der Waals surface area contributed by atoms with Crippen LogP contribution in [-0.2, 0) is 20.7 Å². The molecule has 1 saturated heterocycles. The summed E-state index contributed by atoms with van der Waals surface area (Å²) < 4.78 is 4.79. The van der Waals surface area contributed by atoms with Crippen LogP contribution in [0.25, 0.3) is 44.5 Å². The third kappa shape index (κ3) is 7.32. The minimum Gasteiger partial charge on any atom is -0.453 e. The molecule has 2 fully saturated rings. The maximum absolute atomic E-state index is 13.6. The van der Waals surface area contributed by atoms with Gasteiger partial charge in [0.25, 0.3) is 0 Å². The summed E-state index contributed by atoms with van der Waals surface area (Å²) in [5, 5.41) is 9.54. The van der Waals surface area contributed by atoms with Gasteiger partial charge in [-0.1, -0.05) is 18.2 Å². The van der Waals surface area contributed by atoms with Crippen LogP contribution in [0.1, 0.15) is 56.2 Å². The lowest BCUT2D eigenvalue weighted by Gasteiger charge is -2.28. The maximum atomic E-state index is 13.6. The second kappa shape index (κ2) is 14.7. The fourth-order valence-corrected chi connectivity index (χ4v) is 6.80. The number of methoxy groups -OCH3 is 1. The number of benzene rings is 2. The predicted molar refractivity (Wildman–Crippen MR) is 190 cm³/mol. The normalized spacial score (nSPS) is 16.5. The van der Waals surface area contributed by atoms with Gasteiger partial charge >= 0.3 is 6.09 Å². The Balaban J connectivity index is 1.02. The van der Waals surface area contributed by atoms with Gasteiger partial charge in [0.1, 0.15) is 17.7 Å². The average Bonchev–Trinajstić information content (AvgIpc) is 3.47. The Bertz CT molecular complexity index is 2020. The number of likely N-dealkylation sites (tertiary alicyclic amines) is 1. The van der Waals surface area contributed by atoms with Crippen LogP contribution in [0.2, 0.25) is 0 Å². The highest BCUT2D eigenvalue weighted by Crippen LogP contribution is 2.38. The largest absolute Gasteiger partial charge is 0.453 e. The molecule has 0 spiro atoms. The average molecular weight is 678 g/mol. The van der Waals surface area contributed by atoms with Gasteiger partial charge in [0.05, 0.1) is 53.8 Å². The van der Waals surface area contributed by atoms with E-state index in [1.807, 2.05) is 35.4 Å². The summed E-state index contributed by atoms with van der Waals surface area (Å²) in [7, 11) is 3.07. The van der Waals surface area contributed by atoms with Gasteiger partial charge in [0.2, 0.25) is 11.8 Å². The second-order valence-corrected chi connectivity index (χ2v) is 13.2. The van der Waals surface area contributed by atoms with Crippen LogP contribution in [0, 0.1) is 5.92 Å². The Labute approximate surface area is 290 Å². The van der Waals surface area contributed by atoms with E-state index in [-0.39, 0.29) is 23.8 Å². The highest BCUT2D eigenvalue weighted by atomic mass is 16.5. The summed E-state index contributed by atoms with van der Waals surface area (Å²) in [5.41, 5.74) is 6.42. The minimum absolute atomic E-state index is 0.0100. The highest BCUT2D eigenvalue weighted by Gasteiger charge is 2.43. The number of pyridine rings is 1. The van der Waals surface area contributed by atoms with Crippen LogP contribution in [0.5, 0.6) is 0 Å². The van der Waals surface area contributed by atoms with E-state index in [0.717, 1.165) is 101 Å².